The van der Waals surface area contributed by atoms with Gasteiger partial charge in [0.15, 0.2) is 18.1 Å². The highest BCUT2D eigenvalue weighted by atomic mass is 19.4. The minimum absolute atomic E-state index is 0.00333. The molecule has 2 aromatic rings. The smallest absolute Gasteiger partial charge is 0.435 e. The lowest BCUT2D eigenvalue weighted by Crippen LogP contribution is -2.08. The van der Waals surface area contributed by atoms with E-state index in [0.717, 1.165) is 23.3 Å². The zero-order chi connectivity index (χ0) is 13.9. The third-order valence-corrected chi connectivity index (χ3v) is 2.05. The largest absolute Gasteiger partial charge is 0.464 e. The van der Waals surface area contributed by atoms with E-state index >= 15 is 0 Å². The zero-order valence-electron chi connectivity index (χ0n) is 9.42. The van der Waals surface area contributed by atoms with Crippen LogP contribution in [0.1, 0.15) is 5.69 Å². The van der Waals surface area contributed by atoms with Gasteiger partial charge in [0.2, 0.25) is 5.88 Å². The summed E-state index contributed by atoms with van der Waals surface area (Å²) in [6.45, 7) is 0.00333. The Labute approximate surface area is 106 Å². The zero-order valence-corrected chi connectivity index (χ0v) is 9.42. The third kappa shape index (κ3) is 3.01. The van der Waals surface area contributed by atoms with Crippen LogP contribution in [0, 0.1) is 12.3 Å². The lowest BCUT2D eigenvalue weighted by atomic mass is 10.4. The number of hydrogen-bond acceptors (Lipinski definition) is 4. The van der Waals surface area contributed by atoms with E-state index in [1.807, 2.05) is 0 Å². The predicted octanol–water partition coefficient (Wildman–Crippen LogP) is 1.69. The molecule has 98 valence electrons. The van der Waals surface area contributed by atoms with Gasteiger partial charge >= 0.3 is 6.18 Å². The van der Waals surface area contributed by atoms with E-state index in [1.54, 1.807) is 0 Å². The molecule has 0 saturated carbocycles. The van der Waals surface area contributed by atoms with Crippen molar-refractivity contribution in [2.24, 2.45) is 0 Å². The van der Waals surface area contributed by atoms with Crippen molar-refractivity contribution in [3.8, 4) is 24.0 Å². The second-order valence-corrected chi connectivity index (χ2v) is 3.35. The summed E-state index contributed by atoms with van der Waals surface area (Å²) in [6.07, 6.45) is 2.81. The highest BCUT2D eigenvalue weighted by Crippen LogP contribution is 2.27. The average Bonchev–Trinajstić information content (AvgIpc) is 2.86. The Kier molecular flexibility index (Phi) is 3.37. The monoisotopic (exact) mass is 268 g/mol. The lowest BCUT2D eigenvalue weighted by Gasteiger charge is -2.04. The normalized spacial score (nSPS) is 11.1. The van der Waals surface area contributed by atoms with Gasteiger partial charge in [-0.25, -0.2) is 14.6 Å². The van der Waals surface area contributed by atoms with Crippen LogP contribution in [0.2, 0.25) is 0 Å². The molecule has 19 heavy (non-hydrogen) atoms. The van der Waals surface area contributed by atoms with Gasteiger partial charge in [-0.3, -0.25) is 0 Å². The summed E-state index contributed by atoms with van der Waals surface area (Å²) in [7, 11) is 0. The van der Waals surface area contributed by atoms with Gasteiger partial charge < -0.3 is 4.74 Å². The van der Waals surface area contributed by atoms with E-state index in [0.29, 0.717) is 0 Å². The van der Waals surface area contributed by atoms with Crippen molar-refractivity contribution in [3.05, 3.63) is 30.4 Å². The van der Waals surface area contributed by atoms with Crippen molar-refractivity contribution in [2.75, 3.05) is 6.61 Å². The first-order chi connectivity index (χ1) is 9.00. The molecule has 0 amide bonds. The van der Waals surface area contributed by atoms with E-state index in [1.165, 1.54) is 6.07 Å². The quantitative estimate of drug-likeness (QED) is 0.795. The number of halogens is 3. The van der Waals surface area contributed by atoms with E-state index < -0.39 is 11.9 Å². The van der Waals surface area contributed by atoms with Crippen LogP contribution >= 0.6 is 0 Å². The van der Waals surface area contributed by atoms with Gasteiger partial charge in [-0.1, -0.05) is 5.92 Å². The Morgan fingerprint density at radius 3 is 2.79 bits per heavy atom. The molecule has 2 heterocycles. The maximum atomic E-state index is 12.4. The fraction of sp³-hybridized carbons (Fsp3) is 0.182. The van der Waals surface area contributed by atoms with Crippen LogP contribution in [-0.4, -0.2) is 26.4 Å². The minimum atomic E-state index is -4.50. The van der Waals surface area contributed by atoms with Gasteiger partial charge in [-0.15, -0.1) is 6.42 Å². The van der Waals surface area contributed by atoms with Crippen LogP contribution in [0.25, 0.3) is 5.82 Å². The molecule has 0 bridgehead atoms. The highest BCUT2D eigenvalue weighted by molar-refractivity contribution is 5.26. The molecule has 0 aliphatic heterocycles. The summed E-state index contributed by atoms with van der Waals surface area (Å²) in [5.74, 6) is 2.56. The van der Waals surface area contributed by atoms with Crippen molar-refractivity contribution < 1.29 is 17.9 Å². The van der Waals surface area contributed by atoms with Gasteiger partial charge in [-0.05, 0) is 6.07 Å². The van der Waals surface area contributed by atoms with Crippen LogP contribution in [0.15, 0.2) is 24.7 Å². The Bertz CT molecular complexity index is 615. The van der Waals surface area contributed by atoms with Gasteiger partial charge in [0, 0.05) is 12.3 Å². The molecule has 0 aliphatic carbocycles. The molecule has 8 heteroatoms. The Morgan fingerprint density at radius 2 is 2.16 bits per heavy atom. The number of rotatable bonds is 3. The number of terminal acetylenes is 1. The van der Waals surface area contributed by atoms with Crippen molar-refractivity contribution in [3.63, 3.8) is 0 Å². The molecule has 0 N–H and O–H groups in total. The van der Waals surface area contributed by atoms with Crippen LogP contribution in [0.5, 0.6) is 5.88 Å². The van der Waals surface area contributed by atoms with Crippen LogP contribution < -0.4 is 4.74 Å². The second-order valence-electron chi connectivity index (χ2n) is 3.35. The SMILES string of the molecule is C#CCOc1cc(-n2ccc(C(F)(F)F)n2)ncn1. The maximum absolute atomic E-state index is 12.4. The molecule has 0 radical (unpaired) electrons. The van der Waals surface area contributed by atoms with Crippen molar-refractivity contribution in [2.45, 2.75) is 6.18 Å². The first-order valence-electron chi connectivity index (χ1n) is 5.02. The summed E-state index contributed by atoms with van der Waals surface area (Å²) in [4.78, 5) is 7.57. The van der Waals surface area contributed by atoms with Crippen LogP contribution in [-0.2, 0) is 6.18 Å². The fourth-order valence-electron chi connectivity index (χ4n) is 1.25. The summed E-state index contributed by atoms with van der Waals surface area (Å²) < 4.78 is 43.2. The first-order valence-corrected chi connectivity index (χ1v) is 5.02. The van der Waals surface area contributed by atoms with Crippen molar-refractivity contribution in [1.82, 2.24) is 19.7 Å². The van der Waals surface area contributed by atoms with E-state index in [9.17, 15) is 13.2 Å². The number of alkyl halides is 3. The summed E-state index contributed by atoms with van der Waals surface area (Å²) >= 11 is 0. The molecule has 5 nitrogen and oxygen atoms in total. The predicted molar refractivity (Wildman–Crippen MR) is 58.5 cm³/mol. The molecule has 0 saturated heterocycles. The highest BCUT2D eigenvalue weighted by Gasteiger charge is 2.33. The molecular formula is C11H7F3N4O. The third-order valence-electron chi connectivity index (χ3n) is 2.05. The Morgan fingerprint density at radius 1 is 1.37 bits per heavy atom. The summed E-state index contributed by atoms with van der Waals surface area (Å²) in [6, 6.07) is 2.19. The molecular weight excluding hydrogens is 261 g/mol. The molecule has 2 aromatic heterocycles. The first kappa shape index (κ1) is 12.9. The molecule has 0 spiro atoms. The van der Waals surface area contributed by atoms with E-state index in [4.69, 9.17) is 11.2 Å². The van der Waals surface area contributed by atoms with Crippen LogP contribution in [0.3, 0.4) is 0 Å². The molecule has 0 aromatic carbocycles. The van der Waals surface area contributed by atoms with Gasteiger partial charge in [0.05, 0.1) is 0 Å². The maximum Gasteiger partial charge on any atom is 0.435 e. The van der Waals surface area contributed by atoms with Crippen molar-refractivity contribution >= 4 is 0 Å². The van der Waals surface area contributed by atoms with Gasteiger partial charge in [-0.2, -0.15) is 18.3 Å². The average molecular weight is 268 g/mol. The number of aromatic nitrogens is 4. The molecule has 0 fully saturated rings. The van der Waals surface area contributed by atoms with Gasteiger partial charge in [0.1, 0.15) is 6.33 Å². The second kappa shape index (κ2) is 4.97. The van der Waals surface area contributed by atoms with Crippen LogP contribution in [0.4, 0.5) is 13.2 Å². The summed E-state index contributed by atoms with van der Waals surface area (Å²) in [5.41, 5.74) is -1.00. The topological polar surface area (TPSA) is 52.8 Å². The molecule has 2 rings (SSSR count). The standard InChI is InChI=1S/C11H7F3N4O/c1-2-5-19-10-6-9(15-7-16-10)18-4-3-8(17-18)11(12,13)14/h1,3-4,6-7H,5H2. The lowest BCUT2D eigenvalue weighted by molar-refractivity contribution is -0.141. The Hall–Kier alpha value is -2.56. The molecule has 0 aliphatic rings. The molecule has 0 unspecified atom stereocenters. The fourth-order valence-corrected chi connectivity index (χ4v) is 1.25. The summed E-state index contributed by atoms with van der Waals surface area (Å²) in [5, 5.41) is 3.38. The van der Waals surface area contributed by atoms with Crippen molar-refractivity contribution in [1.29, 1.82) is 0 Å². The Balaban J connectivity index is 2.27. The molecule has 0 atom stereocenters. The minimum Gasteiger partial charge on any atom is -0.464 e. The number of nitrogens with zero attached hydrogens (tertiary/aromatic N) is 4. The van der Waals surface area contributed by atoms with E-state index in [-0.39, 0.29) is 18.3 Å². The number of ether oxygens (including phenoxy) is 1. The number of hydrogen-bond donors (Lipinski definition) is 0. The van der Waals surface area contributed by atoms with Gasteiger partial charge in [0.25, 0.3) is 0 Å². The van der Waals surface area contributed by atoms with E-state index in [2.05, 4.69) is 21.0 Å².